The van der Waals surface area contributed by atoms with Gasteiger partial charge in [-0.1, -0.05) is 44.1 Å². The molecule has 0 bridgehead atoms. The lowest BCUT2D eigenvalue weighted by Crippen LogP contribution is -2.28. The first-order chi connectivity index (χ1) is 9.36. The maximum atomic E-state index is 9.98. The number of hydrogen-bond donors (Lipinski definition) is 1. The predicted octanol–water partition coefficient (Wildman–Crippen LogP) is 3.89. The van der Waals surface area contributed by atoms with Crippen molar-refractivity contribution in [3.8, 4) is 11.5 Å². The summed E-state index contributed by atoms with van der Waals surface area (Å²) in [6.07, 6.45) is -0.432. The number of aromatic nitrogens is 2. The second kappa shape index (κ2) is 6.16. The number of hydrogen-bond acceptors (Lipinski definition) is 5. The van der Waals surface area contributed by atoms with Gasteiger partial charge < -0.3 is 9.52 Å². The molecule has 0 aliphatic heterocycles. The zero-order valence-electron chi connectivity index (χ0n) is 11.6. The maximum absolute atomic E-state index is 9.98. The number of aliphatic hydroxyl groups excluding tert-OH is 1. The van der Waals surface area contributed by atoms with Crippen molar-refractivity contribution >= 4 is 23.4 Å². The molecule has 1 heterocycles. The minimum atomic E-state index is -0.432. The third kappa shape index (κ3) is 3.98. The van der Waals surface area contributed by atoms with E-state index >= 15 is 0 Å². The average molecular weight is 313 g/mol. The highest BCUT2D eigenvalue weighted by atomic mass is 35.5. The van der Waals surface area contributed by atoms with Gasteiger partial charge in [0, 0.05) is 16.3 Å². The van der Waals surface area contributed by atoms with Crippen LogP contribution in [0.25, 0.3) is 11.5 Å². The highest BCUT2D eigenvalue weighted by Gasteiger charge is 2.23. The van der Waals surface area contributed by atoms with E-state index in [4.69, 9.17) is 16.0 Å². The molecular formula is C14H17ClN2O2S. The average Bonchev–Trinajstić information content (AvgIpc) is 2.84. The first-order valence-electron chi connectivity index (χ1n) is 6.26. The van der Waals surface area contributed by atoms with E-state index in [1.54, 1.807) is 12.1 Å². The van der Waals surface area contributed by atoms with Gasteiger partial charge in [-0.25, -0.2) is 0 Å². The molecule has 0 saturated heterocycles. The number of aliphatic hydroxyl groups is 1. The van der Waals surface area contributed by atoms with Crippen molar-refractivity contribution in [1.82, 2.24) is 10.2 Å². The lowest BCUT2D eigenvalue weighted by Gasteiger charge is -2.24. The SMILES string of the molecule is CC(C)(C)C(O)CSc1nnc(-c2ccc(Cl)cc2)o1. The Labute approximate surface area is 127 Å². The van der Waals surface area contributed by atoms with Gasteiger partial charge in [0.1, 0.15) is 0 Å². The molecule has 1 aromatic heterocycles. The van der Waals surface area contributed by atoms with Crippen LogP contribution in [0.4, 0.5) is 0 Å². The number of benzene rings is 1. The van der Waals surface area contributed by atoms with Crippen LogP contribution in [0.1, 0.15) is 20.8 Å². The molecule has 0 fully saturated rings. The fourth-order valence-electron chi connectivity index (χ4n) is 1.38. The Morgan fingerprint density at radius 2 is 1.90 bits per heavy atom. The minimum absolute atomic E-state index is 0.161. The highest BCUT2D eigenvalue weighted by molar-refractivity contribution is 7.99. The smallest absolute Gasteiger partial charge is 0.276 e. The van der Waals surface area contributed by atoms with Crippen LogP contribution >= 0.6 is 23.4 Å². The number of halogens is 1. The molecule has 20 heavy (non-hydrogen) atoms. The Hall–Kier alpha value is -1.04. The molecule has 108 valence electrons. The normalized spacial score (nSPS) is 13.4. The van der Waals surface area contributed by atoms with Crippen LogP contribution in [0, 0.1) is 5.41 Å². The fourth-order valence-corrected chi connectivity index (χ4v) is 2.54. The maximum Gasteiger partial charge on any atom is 0.276 e. The third-order valence-electron chi connectivity index (χ3n) is 2.86. The summed E-state index contributed by atoms with van der Waals surface area (Å²) in [7, 11) is 0. The first kappa shape index (κ1) is 15.4. The van der Waals surface area contributed by atoms with E-state index in [0.29, 0.717) is 21.9 Å². The van der Waals surface area contributed by atoms with Crippen molar-refractivity contribution in [2.75, 3.05) is 5.75 Å². The van der Waals surface area contributed by atoms with Crippen LogP contribution in [0.5, 0.6) is 0 Å². The molecule has 1 N–H and O–H groups in total. The quantitative estimate of drug-likeness (QED) is 0.868. The molecule has 6 heteroatoms. The molecule has 1 aromatic carbocycles. The molecule has 2 rings (SSSR count). The van der Waals surface area contributed by atoms with Crippen LogP contribution < -0.4 is 0 Å². The summed E-state index contributed by atoms with van der Waals surface area (Å²) >= 11 is 7.19. The highest BCUT2D eigenvalue weighted by Crippen LogP contribution is 2.28. The van der Waals surface area contributed by atoms with Crippen LogP contribution in [0.3, 0.4) is 0 Å². The summed E-state index contributed by atoms with van der Waals surface area (Å²) < 4.78 is 5.56. The Morgan fingerprint density at radius 1 is 1.25 bits per heavy atom. The van der Waals surface area contributed by atoms with Crippen molar-refractivity contribution in [2.45, 2.75) is 32.1 Å². The molecule has 0 amide bonds. The van der Waals surface area contributed by atoms with Gasteiger partial charge in [0.25, 0.3) is 5.22 Å². The number of thioether (sulfide) groups is 1. The molecular weight excluding hydrogens is 296 g/mol. The first-order valence-corrected chi connectivity index (χ1v) is 7.63. The zero-order chi connectivity index (χ0) is 14.8. The largest absolute Gasteiger partial charge is 0.411 e. The Balaban J connectivity index is 2.01. The van der Waals surface area contributed by atoms with Crippen molar-refractivity contribution in [2.24, 2.45) is 5.41 Å². The number of nitrogens with zero attached hydrogens (tertiary/aromatic N) is 2. The molecule has 1 atom stereocenters. The Kier molecular flexibility index (Phi) is 4.73. The van der Waals surface area contributed by atoms with E-state index in [0.717, 1.165) is 5.56 Å². The van der Waals surface area contributed by atoms with E-state index in [-0.39, 0.29) is 5.41 Å². The second-order valence-electron chi connectivity index (χ2n) is 5.57. The van der Waals surface area contributed by atoms with Crippen molar-refractivity contribution in [3.05, 3.63) is 29.3 Å². The summed E-state index contributed by atoms with van der Waals surface area (Å²) in [5.41, 5.74) is 0.664. The van der Waals surface area contributed by atoms with Crippen molar-refractivity contribution < 1.29 is 9.52 Å². The second-order valence-corrected chi connectivity index (χ2v) is 6.98. The molecule has 0 radical (unpaired) electrons. The minimum Gasteiger partial charge on any atom is -0.411 e. The Bertz CT molecular complexity index is 563. The lowest BCUT2D eigenvalue weighted by atomic mass is 9.90. The van der Waals surface area contributed by atoms with Gasteiger partial charge in [-0.3, -0.25) is 0 Å². The summed E-state index contributed by atoms with van der Waals surface area (Å²) in [6, 6.07) is 7.21. The summed E-state index contributed by atoms with van der Waals surface area (Å²) in [6.45, 7) is 5.97. The molecule has 0 saturated carbocycles. The topological polar surface area (TPSA) is 59.2 Å². The molecule has 2 aromatic rings. The molecule has 1 unspecified atom stereocenters. The number of rotatable bonds is 4. The summed E-state index contributed by atoms with van der Waals surface area (Å²) in [5, 5.41) is 19.1. The van der Waals surface area contributed by atoms with Gasteiger partial charge in [0.05, 0.1) is 6.10 Å². The molecule has 4 nitrogen and oxygen atoms in total. The standard InChI is InChI=1S/C14H17ClN2O2S/c1-14(2,3)11(18)8-20-13-17-16-12(19-13)9-4-6-10(15)7-5-9/h4-7,11,18H,8H2,1-3H3. The van der Waals surface area contributed by atoms with E-state index < -0.39 is 6.10 Å². The van der Waals surface area contributed by atoms with Gasteiger partial charge in [0.2, 0.25) is 5.89 Å². The van der Waals surface area contributed by atoms with E-state index in [9.17, 15) is 5.11 Å². The van der Waals surface area contributed by atoms with Crippen LogP contribution in [-0.4, -0.2) is 27.2 Å². The van der Waals surface area contributed by atoms with Gasteiger partial charge in [0.15, 0.2) is 0 Å². The molecule has 0 spiro atoms. The van der Waals surface area contributed by atoms with E-state index in [1.807, 2.05) is 32.9 Å². The molecule has 0 aliphatic carbocycles. The molecule has 0 aliphatic rings. The van der Waals surface area contributed by atoms with E-state index in [1.165, 1.54) is 11.8 Å². The van der Waals surface area contributed by atoms with Crippen LogP contribution in [-0.2, 0) is 0 Å². The van der Waals surface area contributed by atoms with Gasteiger partial charge >= 0.3 is 0 Å². The van der Waals surface area contributed by atoms with Gasteiger partial charge in [-0.05, 0) is 29.7 Å². The van der Waals surface area contributed by atoms with Crippen molar-refractivity contribution in [1.29, 1.82) is 0 Å². The van der Waals surface area contributed by atoms with Crippen LogP contribution in [0.15, 0.2) is 33.9 Å². The third-order valence-corrected chi connectivity index (χ3v) is 4.01. The van der Waals surface area contributed by atoms with Gasteiger partial charge in [-0.15, -0.1) is 10.2 Å². The van der Waals surface area contributed by atoms with Crippen LogP contribution in [0.2, 0.25) is 5.02 Å². The monoisotopic (exact) mass is 312 g/mol. The van der Waals surface area contributed by atoms with Gasteiger partial charge in [-0.2, -0.15) is 0 Å². The zero-order valence-corrected chi connectivity index (χ0v) is 13.2. The van der Waals surface area contributed by atoms with Crippen molar-refractivity contribution in [3.63, 3.8) is 0 Å². The summed E-state index contributed by atoms with van der Waals surface area (Å²) in [4.78, 5) is 0. The lowest BCUT2D eigenvalue weighted by molar-refractivity contribution is 0.0841. The summed E-state index contributed by atoms with van der Waals surface area (Å²) in [5.74, 6) is 0.973. The predicted molar refractivity (Wildman–Crippen MR) is 80.9 cm³/mol. The Morgan fingerprint density at radius 3 is 2.50 bits per heavy atom. The fraction of sp³-hybridized carbons (Fsp3) is 0.429. The van der Waals surface area contributed by atoms with E-state index in [2.05, 4.69) is 10.2 Å².